The van der Waals surface area contributed by atoms with E-state index in [9.17, 15) is 0 Å². The van der Waals surface area contributed by atoms with Crippen molar-refractivity contribution in [1.82, 2.24) is 4.98 Å². The lowest BCUT2D eigenvalue weighted by atomic mass is 10.3. The second kappa shape index (κ2) is 3.92. The van der Waals surface area contributed by atoms with Crippen LogP contribution in [0.25, 0.3) is 0 Å². The zero-order chi connectivity index (χ0) is 9.80. The van der Waals surface area contributed by atoms with E-state index in [1.165, 1.54) is 0 Å². The summed E-state index contributed by atoms with van der Waals surface area (Å²) in [5.74, 6) is 1.54. The Hall–Kier alpha value is -1.83. The molecule has 0 fully saturated rings. The standard InChI is InChI=1S/C12H10NO/c1-10-7-8-12(9-13-10)14-11-5-3-2-4-6-11/h2-9H,1H2. The molecule has 0 aliphatic carbocycles. The van der Waals surface area contributed by atoms with Gasteiger partial charge in [-0.2, -0.15) is 0 Å². The maximum atomic E-state index is 5.54. The molecule has 2 rings (SSSR count). The van der Waals surface area contributed by atoms with Crippen LogP contribution in [0.4, 0.5) is 0 Å². The molecule has 0 saturated heterocycles. The summed E-state index contributed by atoms with van der Waals surface area (Å²) in [6.45, 7) is 3.70. The van der Waals surface area contributed by atoms with Crippen LogP contribution in [0.15, 0.2) is 48.7 Å². The van der Waals surface area contributed by atoms with Gasteiger partial charge in [-0.15, -0.1) is 0 Å². The van der Waals surface area contributed by atoms with Gasteiger partial charge in [0.25, 0.3) is 0 Å². The molecular weight excluding hydrogens is 174 g/mol. The van der Waals surface area contributed by atoms with Gasteiger partial charge in [0.15, 0.2) is 0 Å². The molecular formula is C12H10NO. The van der Waals surface area contributed by atoms with Crippen LogP contribution in [0.2, 0.25) is 0 Å². The van der Waals surface area contributed by atoms with E-state index in [-0.39, 0.29) is 0 Å². The summed E-state index contributed by atoms with van der Waals surface area (Å²) in [5.41, 5.74) is 0.741. The number of rotatable bonds is 2. The highest BCUT2D eigenvalue weighted by Crippen LogP contribution is 2.19. The van der Waals surface area contributed by atoms with Crippen LogP contribution in [-0.4, -0.2) is 4.98 Å². The van der Waals surface area contributed by atoms with Crippen molar-refractivity contribution in [3.05, 3.63) is 61.3 Å². The minimum absolute atomic E-state index is 0.726. The summed E-state index contributed by atoms with van der Waals surface area (Å²) >= 11 is 0. The van der Waals surface area contributed by atoms with Gasteiger partial charge in [0.2, 0.25) is 0 Å². The van der Waals surface area contributed by atoms with E-state index in [2.05, 4.69) is 11.9 Å². The Morgan fingerprint density at radius 2 is 1.71 bits per heavy atom. The van der Waals surface area contributed by atoms with E-state index < -0.39 is 0 Å². The second-order valence-corrected chi connectivity index (χ2v) is 2.90. The Morgan fingerprint density at radius 3 is 2.36 bits per heavy atom. The van der Waals surface area contributed by atoms with E-state index in [0.717, 1.165) is 17.2 Å². The number of hydrogen-bond acceptors (Lipinski definition) is 2. The van der Waals surface area contributed by atoms with Crippen molar-refractivity contribution in [1.29, 1.82) is 0 Å². The molecule has 1 heterocycles. The molecule has 0 N–H and O–H groups in total. The molecule has 14 heavy (non-hydrogen) atoms. The summed E-state index contributed by atoms with van der Waals surface area (Å²) in [5, 5.41) is 0. The first kappa shape index (κ1) is 8.75. The van der Waals surface area contributed by atoms with Crippen LogP contribution < -0.4 is 4.74 Å². The third kappa shape index (κ3) is 2.10. The SMILES string of the molecule is [CH2]c1ccc(Oc2ccccc2)cn1. The molecule has 0 spiro atoms. The molecule has 2 heteroatoms. The summed E-state index contributed by atoms with van der Waals surface area (Å²) in [6.07, 6.45) is 1.66. The molecule has 1 aromatic carbocycles. The van der Waals surface area contributed by atoms with Gasteiger partial charge in [-0.25, -0.2) is 0 Å². The number of benzene rings is 1. The third-order valence-electron chi connectivity index (χ3n) is 1.78. The van der Waals surface area contributed by atoms with Gasteiger partial charge >= 0.3 is 0 Å². The van der Waals surface area contributed by atoms with E-state index in [4.69, 9.17) is 4.74 Å². The first-order chi connectivity index (χ1) is 6.84. The average Bonchev–Trinajstić information content (AvgIpc) is 2.23. The van der Waals surface area contributed by atoms with Crippen LogP contribution >= 0.6 is 0 Å². The van der Waals surface area contributed by atoms with Crippen LogP contribution in [0.3, 0.4) is 0 Å². The lowest BCUT2D eigenvalue weighted by molar-refractivity contribution is 0.480. The normalized spacial score (nSPS) is 9.79. The number of pyridine rings is 1. The Labute approximate surface area is 83.2 Å². The van der Waals surface area contributed by atoms with Crippen molar-refractivity contribution >= 4 is 0 Å². The van der Waals surface area contributed by atoms with E-state index in [0.29, 0.717) is 0 Å². The number of nitrogens with zero attached hydrogens (tertiary/aromatic N) is 1. The molecule has 0 atom stereocenters. The van der Waals surface area contributed by atoms with Crippen molar-refractivity contribution in [3.8, 4) is 11.5 Å². The molecule has 2 nitrogen and oxygen atoms in total. The average molecular weight is 184 g/mol. The van der Waals surface area contributed by atoms with Crippen molar-refractivity contribution in [2.24, 2.45) is 0 Å². The van der Waals surface area contributed by atoms with Crippen LogP contribution in [0, 0.1) is 6.92 Å². The number of hydrogen-bond donors (Lipinski definition) is 0. The van der Waals surface area contributed by atoms with Crippen molar-refractivity contribution in [2.45, 2.75) is 0 Å². The summed E-state index contributed by atoms with van der Waals surface area (Å²) in [7, 11) is 0. The molecule has 1 radical (unpaired) electrons. The highest BCUT2D eigenvalue weighted by molar-refractivity contribution is 5.29. The lowest BCUT2D eigenvalue weighted by Crippen LogP contribution is -1.85. The van der Waals surface area contributed by atoms with Gasteiger partial charge in [0, 0.05) is 5.69 Å². The third-order valence-corrected chi connectivity index (χ3v) is 1.78. The summed E-state index contributed by atoms with van der Waals surface area (Å²) < 4.78 is 5.54. The fourth-order valence-electron chi connectivity index (χ4n) is 1.10. The fraction of sp³-hybridized carbons (Fsp3) is 0. The van der Waals surface area contributed by atoms with Crippen LogP contribution in [-0.2, 0) is 0 Å². The predicted octanol–water partition coefficient (Wildman–Crippen LogP) is 3.06. The summed E-state index contributed by atoms with van der Waals surface area (Å²) in [4.78, 5) is 4.04. The van der Waals surface area contributed by atoms with Crippen LogP contribution in [0.1, 0.15) is 5.69 Å². The zero-order valence-electron chi connectivity index (χ0n) is 7.68. The maximum Gasteiger partial charge on any atom is 0.145 e. The highest BCUT2D eigenvalue weighted by Gasteiger charge is 1.95. The molecule has 0 aliphatic rings. The quantitative estimate of drug-likeness (QED) is 0.715. The van der Waals surface area contributed by atoms with Gasteiger partial charge < -0.3 is 4.74 Å². The molecule has 0 amide bonds. The Bertz CT molecular complexity index is 394. The number of ether oxygens (including phenoxy) is 1. The summed E-state index contributed by atoms with van der Waals surface area (Å²) in [6, 6.07) is 13.3. The molecule has 2 aromatic rings. The van der Waals surface area contributed by atoms with Crippen molar-refractivity contribution in [2.75, 3.05) is 0 Å². The highest BCUT2D eigenvalue weighted by atomic mass is 16.5. The zero-order valence-corrected chi connectivity index (χ0v) is 7.68. The largest absolute Gasteiger partial charge is 0.456 e. The lowest BCUT2D eigenvalue weighted by Gasteiger charge is -2.04. The van der Waals surface area contributed by atoms with Crippen LogP contribution in [0.5, 0.6) is 11.5 Å². The van der Waals surface area contributed by atoms with Gasteiger partial charge in [0.05, 0.1) is 6.20 Å². The molecule has 69 valence electrons. The van der Waals surface area contributed by atoms with E-state index >= 15 is 0 Å². The fourth-order valence-corrected chi connectivity index (χ4v) is 1.10. The van der Waals surface area contributed by atoms with Crippen molar-refractivity contribution < 1.29 is 4.74 Å². The Balaban J connectivity index is 2.16. The monoisotopic (exact) mass is 184 g/mol. The minimum atomic E-state index is 0.726. The van der Waals surface area contributed by atoms with Gasteiger partial charge in [-0.3, -0.25) is 4.98 Å². The first-order valence-electron chi connectivity index (χ1n) is 4.35. The first-order valence-corrected chi connectivity index (χ1v) is 4.35. The van der Waals surface area contributed by atoms with E-state index in [1.54, 1.807) is 6.20 Å². The minimum Gasteiger partial charge on any atom is -0.456 e. The smallest absolute Gasteiger partial charge is 0.145 e. The van der Waals surface area contributed by atoms with Gasteiger partial charge in [0.1, 0.15) is 11.5 Å². The topological polar surface area (TPSA) is 22.1 Å². The molecule has 0 bridgehead atoms. The molecule has 0 unspecified atom stereocenters. The Kier molecular flexibility index (Phi) is 2.45. The van der Waals surface area contributed by atoms with Gasteiger partial charge in [-0.1, -0.05) is 18.2 Å². The molecule has 1 aromatic heterocycles. The number of para-hydroxylation sites is 1. The second-order valence-electron chi connectivity index (χ2n) is 2.90. The van der Waals surface area contributed by atoms with Gasteiger partial charge in [-0.05, 0) is 31.2 Å². The Morgan fingerprint density at radius 1 is 0.929 bits per heavy atom. The number of aromatic nitrogens is 1. The molecule has 0 saturated carbocycles. The van der Waals surface area contributed by atoms with Crippen molar-refractivity contribution in [3.63, 3.8) is 0 Å². The maximum absolute atomic E-state index is 5.54. The predicted molar refractivity (Wildman–Crippen MR) is 55.2 cm³/mol. The van der Waals surface area contributed by atoms with E-state index in [1.807, 2.05) is 42.5 Å². The molecule has 0 aliphatic heterocycles.